The molecule has 2 bridgehead atoms. The van der Waals surface area contributed by atoms with Gasteiger partial charge in [0.2, 0.25) is 5.67 Å². The van der Waals surface area contributed by atoms with E-state index in [0.717, 1.165) is 26.7 Å². The van der Waals surface area contributed by atoms with Gasteiger partial charge in [-0.2, -0.15) is 87.8 Å². The maximum Gasteiger partial charge on any atom is 0.394 e. The number of hydrogen-bond donors (Lipinski definition) is 0. The summed E-state index contributed by atoms with van der Waals surface area (Å²) in [7, 11) is 0. The molecule has 0 radical (unpaired) electrons. The molecule has 0 aliphatic heterocycles. The first-order valence-electron chi connectivity index (χ1n) is 19.1. The van der Waals surface area contributed by atoms with Crippen LogP contribution in [0, 0.1) is 76.4 Å². The van der Waals surface area contributed by atoms with E-state index in [0.29, 0.717) is 12.8 Å². The largest absolute Gasteiger partial charge is 0.394 e. The van der Waals surface area contributed by atoms with E-state index in [1.54, 1.807) is 0 Å². The third kappa shape index (κ3) is 8.93. The fourth-order valence-corrected chi connectivity index (χ4v) is 10.1. The lowest BCUT2D eigenvalue weighted by molar-refractivity contribution is -0.428. The van der Waals surface area contributed by atoms with Gasteiger partial charge in [-0.1, -0.05) is 55.4 Å². The molecule has 0 saturated heterocycles. The second-order valence-electron chi connectivity index (χ2n) is 17.8. The van der Waals surface area contributed by atoms with Gasteiger partial charge in [0.15, 0.2) is 0 Å². The molecule has 0 nitrogen and oxygen atoms in total. The molecule has 370 valence electrons. The third-order valence-electron chi connectivity index (χ3n) is 14.5. The average molecular weight is 967 g/mol. The highest BCUT2D eigenvalue weighted by Gasteiger charge is 2.91. The van der Waals surface area contributed by atoms with Crippen LogP contribution in [0.3, 0.4) is 0 Å². The minimum Gasteiger partial charge on any atom is -0.244 e. The van der Waals surface area contributed by atoms with E-state index in [4.69, 9.17) is 0 Å². The van der Waals surface area contributed by atoms with Crippen LogP contribution >= 0.6 is 0 Å². The maximum atomic E-state index is 13.1. The van der Waals surface area contributed by atoms with Crippen molar-refractivity contribution in [1.29, 1.82) is 0 Å². The maximum absolute atomic E-state index is 13.1. The molecule has 0 spiro atoms. The Balaban J connectivity index is 0.000000292. The van der Waals surface area contributed by atoms with Crippen molar-refractivity contribution in [2.75, 3.05) is 0 Å². The first-order chi connectivity index (χ1) is 27.1. The van der Waals surface area contributed by atoms with E-state index in [2.05, 4.69) is 0 Å². The molecule has 25 heteroatoms. The van der Waals surface area contributed by atoms with Gasteiger partial charge in [-0.05, 0) is 55.3 Å². The van der Waals surface area contributed by atoms with Gasteiger partial charge < -0.3 is 0 Å². The van der Waals surface area contributed by atoms with Crippen molar-refractivity contribution in [2.24, 2.45) is 76.4 Å². The van der Waals surface area contributed by atoms with Crippen molar-refractivity contribution in [3.8, 4) is 0 Å². The second kappa shape index (κ2) is 17.2. The first-order valence-corrected chi connectivity index (χ1v) is 19.1. The Morgan fingerprint density at radius 3 is 0.855 bits per heavy atom. The topological polar surface area (TPSA) is 0 Å². The van der Waals surface area contributed by atoms with Gasteiger partial charge in [0.1, 0.15) is 24.7 Å². The summed E-state index contributed by atoms with van der Waals surface area (Å²) >= 11 is 0. The fraction of sp³-hybridized carbons (Fsp3) is 1.00. The molecule has 0 aromatic carbocycles. The molecule has 6 saturated carbocycles. The van der Waals surface area contributed by atoms with Gasteiger partial charge in [0.25, 0.3) is 0 Å². The van der Waals surface area contributed by atoms with Crippen molar-refractivity contribution < 1.29 is 110 Å². The second-order valence-corrected chi connectivity index (χ2v) is 17.8. The molecular weight excluding hydrogens is 919 g/mol. The highest BCUT2D eigenvalue weighted by atomic mass is 19.4. The minimum atomic E-state index is -5.90. The number of halogens is 25. The van der Waals surface area contributed by atoms with Crippen molar-refractivity contribution >= 4 is 0 Å². The van der Waals surface area contributed by atoms with Crippen LogP contribution in [0.4, 0.5) is 110 Å². The average Bonchev–Trinajstić information content (AvgIpc) is 3.69. The van der Waals surface area contributed by atoms with Crippen LogP contribution in [0.5, 0.6) is 0 Å². The molecular formula is C37H47F25. The molecule has 0 amide bonds. The van der Waals surface area contributed by atoms with E-state index in [1.807, 2.05) is 6.92 Å². The van der Waals surface area contributed by atoms with Crippen molar-refractivity contribution in [1.82, 2.24) is 0 Å². The molecule has 6 rings (SSSR count). The summed E-state index contributed by atoms with van der Waals surface area (Å²) in [5.74, 6) is -42.6. The van der Waals surface area contributed by atoms with Crippen LogP contribution in [0.15, 0.2) is 0 Å². The van der Waals surface area contributed by atoms with Gasteiger partial charge in [-0.3, -0.25) is 0 Å². The molecule has 0 heterocycles. The predicted octanol–water partition coefficient (Wildman–Crippen LogP) is 15.2. The molecule has 0 N–H and O–H groups in total. The van der Waals surface area contributed by atoms with Crippen LogP contribution in [0.25, 0.3) is 0 Å². The van der Waals surface area contributed by atoms with Crippen LogP contribution < -0.4 is 0 Å². The van der Waals surface area contributed by atoms with Crippen molar-refractivity contribution in [3.05, 3.63) is 0 Å². The number of rotatable bonds is 0. The Bertz CT molecular complexity index is 1390. The van der Waals surface area contributed by atoms with Crippen molar-refractivity contribution in [3.63, 3.8) is 0 Å². The summed E-state index contributed by atoms with van der Waals surface area (Å²) in [6.07, 6.45) is -25.4. The number of fused-ring (bicyclic) bond motifs is 1. The van der Waals surface area contributed by atoms with E-state index in [1.165, 1.54) is 20.8 Å². The van der Waals surface area contributed by atoms with Gasteiger partial charge in [-0.25, -0.2) is 22.0 Å². The molecule has 62 heavy (non-hydrogen) atoms. The third-order valence-corrected chi connectivity index (χ3v) is 14.5. The lowest BCUT2D eigenvalue weighted by Crippen LogP contribution is -2.77. The van der Waals surface area contributed by atoms with E-state index in [-0.39, 0.29) is 18.8 Å². The van der Waals surface area contributed by atoms with Crippen LogP contribution in [-0.4, -0.2) is 78.8 Å². The lowest BCUT2D eigenvalue weighted by atomic mass is 9.53. The van der Waals surface area contributed by atoms with Crippen LogP contribution in [0.2, 0.25) is 0 Å². The molecule has 11 unspecified atom stereocenters. The molecule has 6 fully saturated rings. The summed E-state index contributed by atoms with van der Waals surface area (Å²) in [6.45, 7) is 7.28. The zero-order valence-electron chi connectivity index (χ0n) is 34.1. The van der Waals surface area contributed by atoms with Crippen LogP contribution in [-0.2, 0) is 0 Å². The van der Waals surface area contributed by atoms with E-state index in [9.17, 15) is 110 Å². The monoisotopic (exact) mass is 966 g/mol. The van der Waals surface area contributed by atoms with Gasteiger partial charge in [0, 0.05) is 11.8 Å². The molecule has 6 aliphatic carbocycles. The predicted molar refractivity (Wildman–Crippen MR) is 172 cm³/mol. The molecule has 0 aromatic rings. The Morgan fingerprint density at radius 2 is 0.629 bits per heavy atom. The Kier molecular flexibility index (Phi) is 15.6. The zero-order valence-corrected chi connectivity index (χ0v) is 34.1. The summed E-state index contributed by atoms with van der Waals surface area (Å²) in [5.41, 5.74) is -6.69. The molecule has 6 aliphatic rings. The highest BCUT2D eigenvalue weighted by molar-refractivity contribution is 5.20. The minimum absolute atomic E-state index is 0.0949. The van der Waals surface area contributed by atoms with Gasteiger partial charge >= 0.3 is 48.4 Å². The zero-order chi connectivity index (χ0) is 49.7. The summed E-state index contributed by atoms with van der Waals surface area (Å²) in [6, 6.07) is 0. The SMILES string of the molecule is CC1C(C(F)(F)F)C(C)[C@@H](C)C(C(F)(F)F)C1C(F)(F)F.CC1C(F)(F)C(F)(F)C(C)(F)C(F)(F)C1(F)F.CC1C(F)C(F)C(C)C(F)C1F.CC1[C@H]2CC[C@@H]1C2(C)C(F)(F)F. The van der Waals surface area contributed by atoms with Gasteiger partial charge in [-0.15, -0.1) is 0 Å². The smallest absolute Gasteiger partial charge is 0.244 e. The standard InChI is InChI=1S/C12H15F9.C9H13F3.C8H7F9.C8H12F4/c1-4-5(2)8(11(16,17)18)9(12(19,20)21)6(3)7(4)10(13,14)15;1-5-6-3-4-7(5)8(6,2)9(10,11)12;1-3-5(10,11)7(14,15)4(2,9)8(16,17)6(3,12)13;1-3-5(9)7(11)4(2)8(12)6(3)10/h4-9H,1-3H3;5-7H,3-4H2,1-2H3;3H,1-2H3;3-8H,1-2H3/t4?,5-,6?,7?,8?,9?;5?,6-,7+,8?;;/m1.../s1. The quantitative estimate of drug-likeness (QED) is 0.212. The first kappa shape index (κ1) is 56.4. The van der Waals surface area contributed by atoms with Crippen molar-refractivity contribution in [2.45, 2.75) is 154 Å². The summed E-state index contributed by atoms with van der Waals surface area (Å²) in [5, 5.41) is 0. The normalized spacial score (nSPS) is 45.8. The summed E-state index contributed by atoms with van der Waals surface area (Å²) in [4.78, 5) is 0. The number of alkyl halides is 25. The number of hydrogen-bond acceptors (Lipinski definition) is 0. The highest BCUT2D eigenvalue weighted by Crippen LogP contribution is 2.71. The molecule has 14 atom stereocenters. The van der Waals surface area contributed by atoms with Gasteiger partial charge in [0.05, 0.1) is 29.1 Å². The molecule has 0 aromatic heterocycles. The summed E-state index contributed by atoms with van der Waals surface area (Å²) < 4.78 is 322. The van der Waals surface area contributed by atoms with E-state index < -0.39 is 144 Å². The van der Waals surface area contributed by atoms with E-state index >= 15 is 0 Å². The van der Waals surface area contributed by atoms with Crippen LogP contribution in [0.1, 0.15) is 75.2 Å². The Hall–Kier alpha value is -1.75. The fourth-order valence-electron chi connectivity index (χ4n) is 10.1. The Labute approximate surface area is 340 Å². The lowest BCUT2D eigenvalue weighted by Gasteiger charge is -2.53. The Morgan fingerprint density at radius 1 is 0.371 bits per heavy atom.